The van der Waals surface area contributed by atoms with Crippen LogP contribution in [-0.4, -0.2) is 15.7 Å². The topological polar surface area (TPSA) is 63.9 Å². The average molecular weight is 285 g/mol. The van der Waals surface area contributed by atoms with E-state index < -0.39 is 0 Å². The molecule has 0 atom stereocenters. The number of rotatable bonds is 5. The van der Waals surface area contributed by atoms with E-state index in [1.165, 1.54) is 0 Å². The summed E-state index contributed by atoms with van der Waals surface area (Å²) in [4.78, 5) is 11.7. The monoisotopic (exact) mass is 284 g/mol. The lowest BCUT2D eigenvalue weighted by Crippen LogP contribution is -3.00. The summed E-state index contributed by atoms with van der Waals surface area (Å²) in [5.74, 6) is 0.743. The van der Waals surface area contributed by atoms with E-state index in [-0.39, 0.29) is 24.4 Å². The van der Waals surface area contributed by atoms with Crippen LogP contribution in [0.2, 0.25) is 0 Å². The van der Waals surface area contributed by atoms with Crippen LogP contribution in [0.25, 0.3) is 0 Å². The number of amides is 1. The van der Waals surface area contributed by atoms with Gasteiger partial charge in [0.15, 0.2) is 0 Å². The molecule has 6 nitrogen and oxygen atoms in total. The number of carbonyl (C=O) groups is 1. The van der Waals surface area contributed by atoms with E-state index >= 15 is 0 Å². The molecular formula is C12H17ClN4O2. The van der Waals surface area contributed by atoms with Crippen LogP contribution in [0.5, 0.6) is 0 Å². The Morgan fingerprint density at radius 3 is 2.95 bits per heavy atom. The van der Waals surface area contributed by atoms with E-state index in [4.69, 9.17) is 4.42 Å². The van der Waals surface area contributed by atoms with Crippen LogP contribution >= 0.6 is 0 Å². The molecular weight excluding hydrogens is 268 g/mol. The maximum Gasteiger partial charge on any atom is 0.287 e. The summed E-state index contributed by atoms with van der Waals surface area (Å²) in [6.45, 7) is 4.05. The minimum Gasteiger partial charge on any atom is -1.00 e. The van der Waals surface area contributed by atoms with Crippen molar-refractivity contribution in [1.29, 1.82) is 0 Å². The van der Waals surface area contributed by atoms with Crippen molar-refractivity contribution in [2.75, 3.05) is 5.43 Å². The molecule has 0 unspecified atom stereocenters. The molecule has 2 rings (SSSR count). The van der Waals surface area contributed by atoms with Gasteiger partial charge in [-0.15, -0.1) is 9.36 Å². The maximum atomic E-state index is 11.7. The van der Waals surface area contributed by atoms with Crippen LogP contribution in [0, 0.1) is 0 Å². The van der Waals surface area contributed by atoms with Gasteiger partial charge in [0.25, 0.3) is 6.33 Å². The van der Waals surface area contributed by atoms with Crippen LogP contribution in [-0.2, 0) is 11.2 Å². The van der Waals surface area contributed by atoms with Gasteiger partial charge in [-0.2, -0.15) is 0 Å². The molecule has 104 valence electrons. The van der Waals surface area contributed by atoms with Crippen LogP contribution in [0.3, 0.4) is 0 Å². The van der Waals surface area contributed by atoms with Crippen molar-refractivity contribution in [1.82, 2.24) is 9.78 Å². The molecule has 0 saturated heterocycles. The average Bonchev–Trinajstić information content (AvgIpc) is 2.96. The zero-order chi connectivity index (χ0) is 13.0. The Hall–Kier alpha value is -1.82. The van der Waals surface area contributed by atoms with E-state index in [2.05, 4.69) is 10.5 Å². The van der Waals surface area contributed by atoms with Gasteiger partial charge in [-0.05, 0) is 26.0 Å². The first-order valence-electron chi connectivity index (χ1n) is 5.93. The predicted octanol–water partition coefficient (Wildman–Crippen LogP) is -1.95. The number of hydrogen-bond donors (Lipinski definition) is 1. The smallest absolute Gasteiger partial charge is 0.287 e. The van der Waals surface area contributed by atoms with Gasteiger partial charge >= 0.3 is 0 Å². The SMILES string of the molecule is CC(C)n1c[n+](NC(=O)CCc2ccco2)cn1.[Cl-]. The van der Waals surface area contributed by atoms with Crippen molar-refractivity contribution in [3.05, 3.63) is 36.8 Å². The van der Waals surface area contributed by atoms with E-state index in [0.717, 1.165) is 5.76 Å². The van der Waals surface area contributed by atoms with Gasteiger partial charge in [-0.1, -0.05) is 0 Å². The highest BCUT2D eigenvalue weighted by Crippen LogP contribution is 2.03. The molecule has 0 radical (unpaired) electrons. The van der Waals surface area contributed by atoms with Crippen LogP contribution < -0.4 is 22.5 Å². The van der Waals surface area contributed by atoms with Crippen LogP contribution in [0.4, 0.5) is 0 Å². The molecule has 2 heterocycles. The third-order valence-electron chi connectivity index (χ3n) is 2.51. The van der Waals surface area contributed by atoms with Crippen molar-refractivity contribution in [3.63, 3.8) is 0 Å². The van der Waals surface area contributed by atoms with Gasteiger partial charge in [0.2, 0.25) is 12.2 Å². The van der Waals surface area contributed by atoms with Crippen molar-refractivity contribution in [2.45, 2.75) is 32.7 Å². The quantitative estimate of drug-likeness (QED) is 0.649. The number of halogens is 1. The number of furan rings is 1. The first-order valence-corrected chi connectivity index (χ1v) is 5.93. The number of aryl methyl sites for hydroxylation is 1. The Bertz CT molecular complexity index is 508. The zero-order valence-electron chi connectivity index (χ0n) is 10.9. The summed E-state index contributed by atoms with van der Waals surface area (Å²) in [5.41, 5.74) is 2.73. The third kappa shape index (κ3) is 4.40. The van der Waals surface area contributed by atoms with E-state index in [9.17, 15) is 4.79 Å². The van der Waals surface area contributed by atoms with Gasteiger partial charge < -0.3 is 16.8 Å². The van der Waals surface area contributed by atoms with Gasteiger partial charge in [-0.25, -0.2) is 5.43 Å². The zero-order valence-corrected chi connectivity index (χ0v) is 11.7. The summed E-state index contributed by atoms with van der Waals surface area (Å²) < 4.78 is 8.50. The Balaban J connectivity index is 0.00000180. The molecule has 0 saturated carbocycles. The second-order valence-electron chi connectivity index (χ2n) is 4.34. The highest BCUT2D eigenvalue weighted by atomic mass is 35.5. The number of hydrogen-bond acceptors (Lipinski definition) is 3. The standard InChI is InChI=1S/C12H16N4O2.ClH/c1-10(2)16-9-15(8-13-16)14-12(17)6-5-11-4-3-7-18-11;/h3-4,7-10H,5-6H2,1-2H3;1H. The fourth-order valence-corrected chi connectivity index (χ4v) is 1.52. The van der Waals surface area contributed by atoms with Gasteiger partial charge in [-0.3, -0.25) is 4.79 Å². The van der Waals surface area contributed by atoms with Crippen molar-refractivity contribution in [3.8, 4) is 0 Å². The molecule has 0 spiro atoms. The highest BCUT2D eigenvalue weighted by molar-refractivity contribution is 5.81. The Morgan fingerprint density at radius 1 is 1.58 bits per heavy atom. The number of nitrogens with zero attached hydrogens (tertiary/aromatic N) is 3. The molecule has 0 fully saturated rings. The molecule has 1 N–H and O–H groups in total. The third-order valence-corrected chi connectivity index (χ3v) is 2.51. The van der Waals surface area contributed by atoms with E-state index in [1.807, 2.05) is 26.0 Å². The predicted molar refractivity (Wildman–Crippen MR) is 64.2 cm³/mol. The summed E-state index contributed by atoms with van der Waals surface area (Å²) in [6.07, 6.45) is 5.90. The molecule has 7 heteroatoms. The lowest BCUT2D eigenvalue weighted by Gasteiger charge is -1.99. The second kappa shape index (κ2) is 6.94. The van der Waals surface area contributed by atoms with Crippen LogP contribution in [0.15, 0.2) is 35.5 Å². The first kappa shape index (κ1) is 15.2. The molecule has 0 bridgehead atoms. The molecule has 0 aromatic carbocycles. The fourth-order valence-electron chi connectivity index (χ4n) is 1.52. The summed E-state index contributed by atoms with van der Waals surface area (Å²) in [5, 5.41) is 4.13. The van der Waals surface area contributed by atoms with Crippen molar-refractivity contribution >= 4 is 5.91 Å². The highest BCUT2D eigenvalue weighted by Gasteiger charge is 2.11. The Morgan fingerprint density at radius 2 is 2.37 bits per heavy atom. The maximum absolute atomic E-state index is 11.7. The minimum absolute atomic E-state index is 0. The molecule has 2 aromatic rings. The molecule has 2 aromatic heterocycles. The second-order valence-corrected chi connectivity index (χ2v) is 4.34. The van der Waals surface area contributed by atoms with Crippen molar-refractivity contribution < 1.29 is 26.3 Å². The first-order chi connectivity index (χ1) is 8.65. The van der Waals surface area contributed by atoms with E-state index in [0.29, 0.717) is 12.8 Å². The number of carbonyl (C=O) groups excluding carboxylic acids is 1. The Labute approximate surface area is 117 Å². The molecule has 0 aliphatic heterocycles. The summed E-state index contributed by atoms with van der Waals surface area (Å²) >= 11 is 0. The van der Waals surface area contributed by atoms with Crippen LogP contribution in [0.1, 0.15) is 32.1 Å². The van der Waals surface area contributed by atoms with Gasteiger partial charge in [0.1, 0.15) is 11.8 Å². The molecule has 19 heavy (non-hydrogen) atoms. The number of nitrogens with one attached hydrogen (secondary N) is 1. The largest absolute Gasteiger partial charge is 1.00 e. The number of aromatic nitrogens is 3. The summed E-state index contributed by atoms with van der Waals surface area (Å²) in [7, 11) is 0. The van der Waals surface area contributed by atoms with Gasteiger partial charge in [0.05, 0.1) is 6.26 Å². The molecule has 0 aliphatic carbocycles. The lowest BCUT2D eigenvalue weighted by atomic mass is 10.2. The van der Waals surface area contributed by atoms with E-state index in [1.54, 1.807) is 28.3 Å². The Kier molecular flexibility index (Phi) is 5.57. The minimum atomic E-state index is -0.0697. The van der Waals surface area contributed by atoms with Gasteiger partial charge in [0, 0.05) is 17.9 Å². The molecule has 0 aliphatic rings. The fraction of sp³-hybridized carbons (Fsp3) is 0.417. The summed E-state index contributed by atoms with van der Waals surface area (Å²) in [6, 6.07) is 3.94. The lowest BCUT2D eigenvalue weighted by molar-refractivity contribution is -0.643. The van der Waals surface area contributed by atoms with Crippen molar-refractivity contribution in [2.24, 2.45) is 0 Å². The normalized spacial score (nSPS) is 10.3. The molecule has 1 amide bonds.